The minimum atomic E-state index is -0.670. The van der Waals surface area contributed by atoms with Gasteiger partial charge in [0.05, 0.1) is 0 Å². The van der Waals surface area contributed by atoms with Crippen molar-refractivity contribution in [2.45, 2.75) is 206 Å². The second kappa shape index (κ2) is 40.8. The van der Waals surface area contributed by atoms with Crippen molar-refractivity contribution >= 4 is 11.9 Å². The van der Waals surface area contributed by atoms with Crippen LogP contribution < -0.4 is 0 Å². The maximum Gasteiger partial charge on any atom is 0.306 e. The van der Waals surface area contributed by atoms with Gasteiger partial charge in [-0.1, -0.05) is 183 Å². The monoisotopic (exact) mass is 695 g/mol. The molecule has 0 aliphatic carbocycles. The quantitative estimate of drug-likeness (QED) is 0.0399. The fourth-order valence-corrected chi connectivity index (χ4v) is 5.92. The van der Waals surface area contributed by atoms with E-state index in [2.05, 4.69) is 86.8 Å². The number of carbonyl (C=O) groups excluding carboxylic acids is 1. The third-order valence-corrected chi connectivity index (χ3v) is 8.96. The van der Waals surface area contributed by atoms with Crippen LogP contribution in [0.2, 0.25) is 0 Å². The van der Waals surface area contributed by atoms with Gasteiger partial charge in [0.15, 0.2) is 0 Å². The molecule has 4 nitrogen and oxygen atoms in total. The van der Waals surface area contributed by atoms with E-state index in [0.717, 1.165) is 83.5 Å². The SMILES string of the molecule is CC/C=C\C/C=C\C/C=C\C/C=C\C/C=C\C/C=C\CCC(=O)OC(CCCCCC)CCCCCCCCCCCCCCCCC(=O)O. The number of carbonyl (C=O) groups is 2. The molecule has 286 valence electrons. The Kier molecular flexibility index (Phi) is 38.7. The van der Waals surface area contributed by atoms with Crippen molar-refractivity contribution in [2.75, 3.05) is 0 Å². The first-order valence-electron chi connectivity index (χ1n) is 20.9. The maximum atomic E-state index is 12.6. The highest BCUT2D eigenvalue weighted by Gasteiger charge is 2.13. The summed E-state index contributed by atoms with van der Waals surface area (Å²) in [4.78, 5) is 23.1. The molecule has 1 atom stereocenters. The van der Waals surface area contributed by atoms with Gasteiger partial charge in [-0.25, -0.2) is 0 Å². The molecule has 0 rings (SSSR count). The molecule has 0 spiro atoms. The van der Waals surface area contributed by atoms with Crippen molar-refractivity contribution in [1.29, 1.82) is 0 Å². The molecule has 0 radical (unpaired) electrons. The van der Waals surface area contributed by atoms with Gasteiger partial charge in [0.2, 0.25) is 0 Å². The summed E-state index contributed by atoms with van der Waals surface area (Å²) in [5, 5.41) is 8.68. The van der Waals surface area contributed by atoms with Crippen LogP contribution in [0, 0.1) is 0 Å². The standard InChI is InChI=1S/C46H78O4/c1-3-5-7-9-10-11-12-13-14-15-16-17-18-23-26-29-32-35-39-43-46(49)50-44(40-36-8-6-4-2)41-37-33-30-27-24-21-19-20-22-25-28-31-34-38-42-45(47)48/h5,7,10-11,13-14,16-17,23,26,32,35,44H,3-4,6,8-9,12,15,18-22,24-25,27-31,33-34,36-43H2,1-2H3,(H,47,48)/b7-5-,11-10-,14-13-,17-16-,26-23-,35-32-. The first-order chi connectivity index (χ1) is 24.6. The van der Waals surface area contributed by atoms with E-state index in [9.17, 15) is 9.59 Å². The van der Waals surface area contributed by atoms with E-state index in [4.69, 9.17) is 9.84 Å². The molecular weight excluding hydrogens is 617 g/mol. The topological polar surface area (TPSA) is 63.6 Å². The average Bonchev–Trinajstić information content (AvgIpc) is 3.10. The van der Waals surface area contributed by atoms with Gasteiger partial charge in [-0.2, -0.15) is 0 Å². The van der Waals surface area contributed by atoms with Crippen LogP contribution in [-0.2, 0) is 14.3 Å². The summed E-state index contributed by atoms with van der Waals surface area (Å²) in [5.41, 5.74) is 0. The predicted octanol–water partition coefficient (Wildman–Crippen LogP) is 14.7. The van der Waals surface area contributed by atoms with Gasteiger partial charge >= 0.3 is 11.9 Å². The summed E-state index contributed by atoms with van der Waals surface area (Å²) in [6.07, 6.45) is 58.2. The van der Waals surface area contributed by atoms with Gasteiger partial charge in [0.25, 0.3) is 0 Å². The maximum absolute atomic E-state index is 12.6. The lowest BCUT2D eigenvalue weighted by atomic mass is 10.0. The summed E-state index contributed by atoms with van der Waals surface area (Å²) in [5.74, 6) is -0.709. The summed E-state index contributed by atoms with van der Waals surface area (Å²) < 4.78 is 5.97. The van der Waals surface area contributed by atoms with E-state index in [1.165, 1.54) is 89.9 Å². The van der Waals surface area contributed by atoms with Crippen molar-refractivity contribution in [2.24, 2.45) is 0 Å². The molecule has 0 aromatic rings. The Balaban J connectivity index is 3.95. The molecule has 0 saturated heterocycles. The molecule has 0 fully saturated rings. The first kappa shape index (κ1) is 47.4. The minimum Gasteiger partial charge on any atom is -0.481 e. The molecule has 0 aliphatic rings. The van der Waals surface area contributed by atoms with Crippen molar-refractivity contribution in [3.63, 3.8) is 0 Å². The second-order valence-corrected chi connectivity index (χ2v) is 13.8. The van der Waals surface area contributed by atoms with E-state index in [0.29, 0.717) is 12.8 Å². The molecule has 50 heavy (non-hydrogen) atoms. The molecule has 4 heteroatoms. The number of ether oxygens (including phenoxy) is 1. The van der Waals surface area contributed by atoms with Crippen molar-refractivity contribution in [3.05, 3.63) is 72.9 Å². The van der Waals surface area contributed by atoms with Crippen LogP contribution in [-0.4, -0.2) is 23.1 Å². The third kappa shape index (κ3) is 39.8. The highest BCUT2D eigenvalue weighted by Crippen LogP contribution is 2.18. The Morgan fingerprint density at radius 3 is 1.22 bits per heavy atom. The summed E-state index contributed by atoms with van der Waals surface area (Å²) >= 11 is 0. The number of carboxylic acid groups (broad SMARTS) is 1. The number of hydrogen-bond donors (Lipinski definition) is 1. The number of esters is 1. The number of hydrogen-bond acceptors (Lipinski definition) is 3. The Hall–Kier alpha value is -2.62. The van der Waals surface area contributed by atoms with E-state index in [1.54, 1.807) is 0 Å². The Bertz CT molecular complexity index is 922. The largest absolute Gasteiger partial charge is 0.481 e. The molecule has 0 aromatic heterocycles. The Labute approximate surface area is 309 Å². The van der Waals surface area contributed by atoms with Crippen LogP contribution in [0.3, 0.4) is 0 Å². The molecule has 0 amide bonds. The van der Waals surface area contributed by atoms with E-state index >= 15 is 0 Å². The summed E-state index contributed by atoms with van der Waals surface area (Å²) in [6, 6.07) is 0. The number of carboxylic acids is 1. The number of aliphatic carboxylic acids is 1. The van der Waals surface area contributed by atoms with E-state index in [1.807, 2.05) is 0 Å². The fourth-order valence-electron chi connectivity index (χ4n) is 5.92. The van der Waals surface area contributed by atoms with E-state index < -0.39 is 5.97 Å². The van der Waals surface area contributed by atoms with Gasteiger partial charge in [-0.05, 0) is 77.0 Å². The number of rotatable bonds is 37. The average molecular weight is 695 g/mol. The van der Waals surface area contributed by atoms with Crippen LogP contribution in [0.25, 0.3) is 0 Å². The molecule has 1 N–H and O–H groups in total. The van der Waals surface area contributed by atoms with Gasteiger partial charge in [-0.3, -0.25) is 9.59 Å². The molecule has 0 aliphatic heterocycles. The van der Waals surface area contributed by atoms with Crippen LogP contribution >= 0.6 is 0 Å². The molecular formula is C46H78O4. The zero-order valence-corrected chi connectivity index (χ0v) is 32.7. The Morgan fingerprint density at radius 2 is 0.820 bits per heavy atom. The fraction of sp³-hybridized carbons (Fsp3) is 0.696. The molecule has 0 aromatic carbocycles. The normalized spacial score (nSPS) is 13.0. The van der Waals surface area contributed by atoms with Gasteiger partial charge in [-0.15, -0.1) is 0 Å². The smallest absolute Gasteiger partial charge is 0.306 e. The lowest BCUT2D eigenvalue weighted by Gasteiger charge is -2.18. The number of allylic oxidation sites excluding steroid dienone is 12. The van der Waals surface area contributed by atoms with Crippen LogP contribution in [0.1, 0.15) is 200 Å². The molecule has 1 unspecified atom stereocenters. The lowest BCUT2D eigenvalue weighted by molar-refractivity contribution is -0.149. The molecule has 0 heterocycles. The first-order valence-corrected chi connectivity index (χ1v) is 20.9. The van der Waals surface area contributed by atoms with Gasteiger partial charge in [0, 0.05) is 12.8 Å². The van der Waals surface area contributed by atoms with E-state index in [-0.39, 0.29) is 12.1 Å². The highest BCUT2D eigenvalue weighted by molar-refractivity contribution is 5.69. The lowest BCUT2D eigenvalue weighted by Crippen LogP contribution is -2.18. The van der Waals surface area contributed by atoms with Crippen LogP contribution in [0.5, 0.6) is 0 Å². The Morgan fingerprint density at radius 1 is 0.460 bits per heavy atom. The third-order valence-electron chi connectivity index (χ3n) is 8.96. The zero-order chi connectivity index (χ0) is 36.4. The van der Waals surface area contributed by atoms with Gasteiger partial charge in [0.1, 0.15) is 6.10 Å². The van der Waals surface area contributed by atoms with Gasteiger partial charge < -0.3 is 9.84 Å². The number of unbranched alkanes of at least 4 members (excludes halogenated alkanes) is 16. The second-order valence-electron chi connectivity index (χ2n) is 13.8. The highest BCUT2D eigenvalue weighted by atomic mass is 16.5. The minimum absolute atomic E-state index is 0.0387. The molecule has 0 saturated carbocycles. The van der Waals surface area contributed by atoms with Crippen LogP contribution in [0.15, 0.2) is 72.9 Å². The van der Waals surface area contributed by atoms with Crippen molar-refractivity contribution in [1.82, 2.24) is 0 Å². The zero-order valence-electron chi connectivity index (χ0n) is 32.7. The van der Waals surface area contributed by atoms with Crippen molar-refractivity contribution < 1.29 is 19.4 Å². The predicted molar refractivity (Wildman–Crippen MR) is 218 cm³/mol. The van der Waals surface area contributed by atoms with Crippen LogP contribution in [0.4, 0.5) is 0 Å². The summed E-state index contributed by atoms with van der Waals surface area (Å²) in [6.45, 7) is 4.40. The van der Waals surface area contributed by atoms with Crippen molar-refractivity contribution in [3.8, 4) is 0 Å². The molecule has 0 bridgehead atoms. The summed E-state index contributed by atoms with van der Waals surface area (Å²) in [7, 11) is 0.